The zero-order chi connectivity index (χ0) is 45.0. The molecule has 0 spiro atoms. The Morgan fingerprint density at radius 1 is 0.176 bits per heavy atom. The van der Waals surface area contributed by atoms with Crippen LogP contribution in [0.2, 0.25) is 0 Å². The molecule has 13 rings (SSSR count). The molecule has 0 bridgehead atoms. The number of fused-ring (bicyclic) bond motifs is 6. The first-order valence-electron chi connectivity index (χ1n) is 23.4. The molecule has 0 saturated heterocycles. The van der Waals surface area contributed by atoms with Crippen LogP contribution in [0.3, 0.4) is 0 Å². The third kappa shape index (κ3) is 6.82. The lowest BCUT2D eigenvalue weighted by Crippen LogP contribution is -1.95. The van der Waals surface area contributed by atoms with Gasteiger partial charge in [0.25, 0.3) is 0 Å². The summed E-state index contributed by atoms with van der Waals surface area (Å²) in [6.45, 7) is 0. The standard InChI is InChI=1S/C66H44N2/c1-2-13-45(14-3-1)46-25-27-47(28-26-46)48-29-31-49(32-30-48)52-15-12-16-53(43-52)54-37-42-57(50-33-38-55(39-34-50)67-63-21-8-4-17-58(63)59-18-5-9-22-64(59)67)62(44-54)51-35-40-56(41-36-51)68-65-23-10-6-19-60(65)61-20-7-11-24-66(61)68/h1-44H. The van der Waals surface area contributed by atoms with Gasteiger partial charge in [-0.1, -0.05) is 206 Å². The fourth-order valence-electron chi connectivity index (χ4n) is 10.4. The van der Waals surface area contributed by atoms with Crippen molar-refractivity contribution >= 4 is 43.6 Å². The van der Waals surface area contributed by atoms with Crippen molar-refractivity contribution in [3.05, 3.63) is 267 Å². The van der Waals surface area contributed by atoms with Crippen molar-refractivity contribution in [2.75, 3.05) is 0 Å². The van der Waals surface area contributed by atoms with Gasteiger partial charge >= 0.3 is 0 Å². The van der Waals surface area contributed by atoms with E-state index in [4.69, 9.17) is 0 Å². The van der Waals surface area contributed by atoms with Crippen LogP contribution in [0.15, 0.2) is 267 Å². The molecule has 0 aliphatic carbocycles. The van der Waals surface area contributed by atoms with E-state index >= 15 is 0 Å². The van der Waals surface area contributed by atoms with Gasteiger partial charge in [-0.05, 0) is 127 Å². The quantitative estimate of drug-likeness (QED) is 0.144. The molecule has 0 N–H and O–H groups in total. The molecule has 0 amide bonds. The topological polar surface area (TPSA) is 9.86 Å². The minimum Gasteiger partial charge on any atom is -0.309 e. The average molecular weight is 865 g/mol. The summed E-state index contributed by atoms with van der Waals surface area (Å²) in [6.07, 6.45) is 0. The predicted molar refractivity (Wildman–Crippen MR) is 288 cm³/mol. The van der Waals surface area contributed by atoms with Gasteiger partial charge in [-0.2, -0.15) is 0 Å². The third-order valence-corrected chi connectivity index (χ3v) is 13.8. The maximum absolute atomic E-state index is 2.39. The molecular weight excluding hydrogens is 821 g/mol. The fraction of sp³-hybridized carbons (Fsp3) is 0. The smallest absolute Gasteiger partial charge is 0.0541 e. The van der Waals surface area contributed by atoms with Crippen molar-refractivity contribution in [1.82, 2.24) is 9.13 Å². The molecule has 2 heteroatoms. The van der Waals surface area contributed by atoms with Crippen LogP contribution in [-0.4, -0.2) is 9.13 Å². The Balaban J connectivity index is 0.877. The molecule has 318 valence electrons. The Hall–Kier alpha value is -8.98. The molecule has 0 aliphatic heterocycles. The Bertz CT molecular complexity index is 3860. The lowest BCUT2D eigenvalue weighted by atomic mass is 9.90. The van der Waals surface area contributed by atoms with E-state index in [1.165, 1.54) is 110 Å². The molecular formula is C66H44N2. The zero-order valence-electron chi connectivity index (χ0n) is 37.3. The number of aromatic nitrogens is 2. The summed E-state index contributed by atoms with van der Waals surface area (Å²) in [4.78, 5) is 0. The number of nitrogens with zero attached hydrogens (tertiary/aromatic N) is 2. The lowest BCUT2D eigenvalue weighted by molar-refractivity contribution is 1.18. The van der Waals surface area contributed by atoms with E-state index in [1.807, 2.05) is 0 Å². The molecule has 2 aromatic heterocycles. The number of hydrogen-bond donors (Lipinski definition) is 0. The van der Waals surface area contributed by atoms with Crippen LogP contribution in [0.4, 0.5) is 0 Å². The molecule has 0 fully saturated rings. The number of hydrogen-bond acceptors (Lipinski definition) is 0. The highest BCUT2D eigenvalue weighted by Gasteiger charge is 2.16. The van der Waals surface area contributed by atoms with Gasteiger partial charge in [0.2, 0.25) is 0 Å². The van der Waals surface area contributed by atoms with Crippen LogP contribution in [0, 0.1) is 0 Å². The molecule has 2 nitrogen and oxygen atoms in total. The highest BCUT2D eigenvalue weighted by molar-refractivity contribution is 6.10. The van der Waals surface area contributed by atoms with E-state index in [2.05, 4.69) is 276 Å². The van der Waals surface area contributed by atoms with Gasteiger partial charge < -0.3 is 9.13 Å². The molecule has 0 aliphatic rings. The SMILES string of the molecule is c1ccc(-c2ccc(-c3ccc(-c4cccc(-c5ccc(-c6ccc(-n7c8ccccc8c8ccccc87)cc6)c(-c6ccc(-n7c8ccccc8c8ccccc87)cc6)c5)c4)cc3)cc2)cc1. The van der Waals surface area contributed by atoms with Crippen LogP contribution in [0.1, 0.15) is 0 Å². The average Bonchev–Trinajstić information content (AvgIpc) is 3.94. The summed E-state index contributed by atoms with van der Waals surface area (Å²) in [5, 5.41) is 5.05. The molecule has 2 heterocycles. The normalized spacial score (nSPS) is 11.5. The first kappa shape index (κ1) is 39.4. The minimum absolute atomic E-state index is 1.14. The maximum atomic E-state index is 2.39. The molecule has 13 aromatic rings. The summed E-state index contributed by atoms with van der Waals surface area (Å²) in [7, 11) is 0. The van der Waals surface area contributed by atoms with Gasteiger partial charge in [-0.15, -0.1) is 0 Å². The van der Waals surface area contributed by atoms with Crippen molar-refractivity contribution in [3.8, 4) is 78.1 Å². The van der Waals surface area contributed by atoms with Gasteiger partial charge in [0.05, 0.1) is 22.1 Å². The van der Waals surface area contributed by atoms with Crippen LogP contribution >= 0.6 is 0 Å². The van der Waals surface area contributed by atoms with Crippen LogP contribution in [0.5, 0.6) is 0 Å². The van der Waals surface area contributed by atoms with Crippen molar-refractivity contribution in [2.24, 2.45) is 0 Å². The monoisotopic (exact) mass is 864 g/mol. The van der Waals surface area contributed by atoms with Gasteiger partial charge in [-0.3, -0.25) is 0 Å². The van der Waals surface area contributed by atoms with E-state index in [1.54, 1.807) is 0 Å². The Morgan fingerprint density at radius 3 is 0.912 bits per heavy atom. The van der Waals surface area contributed by atoms with E-state index < -0.39 is 0 Å². The highest BCUT2D eigenvalue weighted by Crippen LogP contribution is 2.40. The van der Waals surface area contributed by atoms with Crippen molar-refractivity contribution < 1.29 is 0 Å². The summed E-state index contributed by atoms with van der Waals surface area (Å²) in [5.41, 5.74) is 21.5. The van der Waals surface area contributed by atoms with Gasteiger partial charge in [0.1, 0.15) is 0 Å². The van der Waals surface area contributed by atoms with Crippen LogP contribution < -0.4 is 0 Å². The second-order valence-electron chi connectivity index (χ2n) is 17.7. The predicted octanol–water partition coefficient (Wildman–Crippen LogP) is 17.9. The Kier molecular flexibility index (Phi) is 9.54. The highest BCUT2D eigenvalue weighted by atomic mass is 15.0. The molecule has 0 unspecified atom stereocenters. The van der Waals surface area contributed by atoms with E-state index in [-0.39, 0.29) is 0 Å². The summed E-state index contributed by atoms with van der Waals surface area (Å²) in [5.74, 6) is 0. The zero-order valence-corrected chi connectivity index (χ0v) is 37.3. The van der Waals surface area contributed by atoms with Crippen molar-refractivity contribution in [1.29, 1.82) is 0 Å². The fourth-order valence-corrected chi connectivity index (χ4v) is 10.4. The van der Waals surface area contributed by atoms with Crippen LogP contribution in [0.25, 0.3) is 122 Å². The van der Waals surface area contributed by atoms with E-state index in [0.29, 0.717) is 0 Å². The molecule has 0 radical (unpaired) electrons. The maximum Gasteiger partial charge on any atom is 0.0541 e. The minimum atomic E-state index is 1.14. The molecule has 11 aromatic carbocycles. The summed E-state index contributed by atoms with van der Waals surface area (Å²) in [6, 6.07) is 97.4. The Morgan fingerprint density at radius 2 is 0.471 bits per heavy atom. The second kappa shape index (κ2) is 16.5. The van der Waals surface area contributed by atoms with Gasteiger partial charge in [0.15, 0.2) is 0 Å². The first-order valence-corrected chi connectivity index (χ1v) is 23.4. The largest absolute Gasteiger partial charge is 0.309 e. The molecule has 68 heavy (non-hydrogen) atoms. The second-order valence-corrected chi connectivity index (χ2v) is 17.7. The van der Waals surface area contributed by atoms with Crippen molar-refractivity contribution in [2.45, 2.75) is 0 Å². The number of rotatable bonds is 8. The first-order chi connectivity index (χ1) is 33.7. The van der Waals surface area contributed by atoms with E-state index in [9.17, 15) is 0 Å². The van der Waals surface area contributed by atoms with E-state index in [0.717, 1.165) is 11.4 Å². The Labute approximate surface area is 395 Å². The third-order valence-electron chi connectivity index (χ3n) is 13.8. The van der Waals surface area contributed by atoms with Crippen LogP contribution in [-0.2, 0) is 0 Å². The molecule has 0 atom stereocenters. The number of benzene rings is 11. The van der Waals surface area contributed by atoms with Gasteiger partial charge in [0, 0.05) is 32.9 Å². The number of para-hydroxylation sites is 4. The summed E-state index contributed by atoms with van der Waals surface area (Å²) < 4.78 is 4.77. The molecule has 0 saturated carbocycles. The lowest BCUT2D eigenvalue weighted by Gasteiger charge is -2.16. The van der Waals surface area contributed by atoms with Crippen molar-refractivity contribution in [3.63, 3.8) is 0 Å². The summed E-state index contributed by atoms with van der Waals surface area (Å²) >= 11 is 0. The van der Waals surface area contributed by atoms with Gasteiger partial charge in [-0.25, -0.2) is 0 Å².